The molecule has 32 heavy (non-hydrogen) atoms. The first-order chi connectivity index (χ1) is 15.4. The predicted octanol–water partition coefficient (Wildman–Crippen LogP) is 2.96. The third kappa shape index (κ3) is 4.83. The van der Waals surface area contributed by atoms with Crippen LogP contribution < -0.4 is 5.69 Å². The monoisotopic (exact) mass is 458 g/mol. The van der Waals surface area contributed by atoms with Gasteiger partial charge in [-0.05, 0) is 43.0 Å². The van der Waals surface area contributed by atoms with Crippen LogP contribution in [0.25, 0.3) is 0 Å². The van der Waals surface area contributed by atoms with Crippen molar-refractivity contribution in [2.45, 2.75) is 44.5 Å². The number of sulfonamides is 1. The minimum absolute atomic E-state index is 0.0142. The summed E-state index contributed by atoms with van der Waals surface area (Å²) < 4.78 is 43.7. The van der Waals surface area contributed by atoms with Crippen molar-refractivity contribution in [2.24, 2.45) is 0 Å². The third-order valence-corrected chi connectivity index (χ3v) is 7.74. The first kappa shape index (κ1) is 22.4. The van der Waals surface area contributed by atoms with E-state index in [0.29, 0.717) is 44.6 Å². The molecule has 0 saturated carbocycles. The van der Waals surface area contributed by atoms with Crippen LogP contribution in [0.1, 0.15) is 42.6 Å². The lowest BCUT2D eigenvalue weighted by Crippen LogP contribution is -2.39. The molecule has 0 N–H and O–H groups in total. The van der Waals surface area contributed by atoms with Crippen molar-refractivity contribution in [1.29, 1.82) is 0 Å². The van der Waals surface area contributed by atoms with Crippen LogP contribution in [0.5, 0.6) is 0 Å². The second-order valence-electron chi connectivity index (χ2n) is 8.09. The van der Waals surface area contributed by atoms with Gasteiger partial charge in [0.05, 0.1) is 12.3 Å². The molecule has 0 bridgehead atoms. The van der Waals surface area contributed by atoms with E-state index in [9.17, 15) is 17.6 Å². The number of nitrogens with zero attached hydrogens (tertiary/aromatic N) is 4. The fourth-order valence-electron chi connectivity index (χ4n) is 4.24. The Morgan fingerprint density at radius 1 is 1.03 bits per heavy atom. The molecule has 0 atom stereocenters. The van der Waals surface area contributed by atoms with Crippen LogP contribution in [0.3, 0.4) is 0 Å². The molecule has 170 valence electrons. The summed E-state index contributed by atoms with van der Waals surface area (Å²) in [5, 5.41) is 4.62. The van der Waals surface area contributed by atoms with E-state index in [1.54, 1.807) is 10.6 Å². The molecular weight excluding hydrogens is 431 g/mol. The maximum atomic E-state index is 13.4. The van der Waals surface area contributed by atoms with Crippen molar-refractivity contribution in [3.63, 3.8) is 0 Å². The summed E-state index contributed by atoms with van der Waals surface area (Å²) in [6.45, 7) is 3.54. The lowest BCUT2D eigenvalue weighted by Gasteiger charge is -2.30. The molecule has 3 aromatic rings. The van der Waals surface area contributed by atoms with Gasteiger partial charge in [-0.3, -0.25) is 4.57 Å². The summed E-state index contributed by atoms with van der Waals surface area (Å²) in [5.41, 5.74) is 1.29. The van der Waals surface area contributed by atoms with Crippen LogP contribution in [-0.4, -0.2) is 40.2 Å². The summed E-state index contributed by atoms with van der Waals surface area (Å²) >= 11 is 0. The Kier molecular flexibility index (Phi) is 6.57. The van der Waals surface area contributed by atoms with Crippen molar-refractivity contribution in [2.75, 3.05) is 13.1 Å². The minimum atomic E-state index is -3.55. The van der Waals surface area contributed by atoms with Crippen LogP contribution in [0.2, 0.25) is 0 Å². The lowest BCUT2D eigenvalue weighted by molar-refractivity contribution is 0.308. The number of hydrogen-bond donors (Lipinski definition) is 0. The van der Waals surface area contributed by atoms with Gasteiger partial charge in [0, 0.05) is 25.6 Å². The lowest BCUT2D eigenvalue weighted by atomic mass is 9.97. The van der Waals surface area contributed by atoms with E-state index in [4.69, 9.17) is 0 Å². The van der Waals surface area contributed by atoms with E-state index in [-0.39, 0.29) is 17.4 Å². The van der Waals surface area contributed by atoms with Gasteiger partial charge in [-0.15, -0.1) is 0 Å². The van der Waals surface area contributed by atoms with Crippen molar-refractivity contribution < 1.29 is 12.8 Å². The van der Waals surface area contributed by atoms with Crippen LogP contribution >= 0.6 is 0 Å². The molecule has 1 aliphatic heterocycles. The smallest absolute Gasteiger partial charge is 0.279 e. The van der Waals surface area contributed by atoms with Crippen molar-refractivity contribution in [1.82, 2.24) is 18.7 Å². The standard InChI is InChI=1S/C23H27FN4O3S/c1-2-27-22(25-28(23(27)29)16-18-7-4-3-5-8-18)20-11-13-26(14-12-20)32(30,31)17-19-9-6-10-21(24)15-19/h3-10,15,20H,2,11-14,16-17H2,1H3. The molecule has 4 rings (SSSR count). The van der Waals surface area contributed by atoms with Crippen LogP contribution in [0.4, 0.5) is 4.39 Å². The molecule has 0 spiro atoms. The molecule has 0 radical (unpaired) electrons. The molecule has 1 saturated heterocycles. The highest BCUT2D eigenvalue weighted by molar-refractivity contribution is 7.88. The Hall–Kier alpha value is -2.78. The van der Waals surface area contributed by atoms with Gasteiger partial charge >= 0.3 is 5.69 Å². The Morgan fingerprint density at radius 2 is 1.72 bits per heavy atom. The van der Waals surface area contributed by atoms with Gasteiger partial charge in [-0.1, -0.05) is 42.5 Å². The normalized spacial score (nSPS) is 15.8. The van der Waals surface area contributed by atoms with Crippen molar-refractivity contribution in [3.05, 3.63) is 87.9 Å². The number of benzene rings is 2. The van der Waals surface area contributed by atoms with Gasteiger partial charge in [0.2, 0.25) is 10.0 Å². The molecule has 7 nitrogen and oxygen atoms in total. The van der Waals surface area contributed by atoms with Crippen LogP contribution in [-0.2, 0) is 28.9 Å². The first-order valence-electron chi connectivity index (χ1n) is 10.8. The van der Waals surface area contributed by atoms with Crippen LogP contribution in [0.15, 0.2) is 59.4 Å². The molecule has 0 amide bonds. The summed E-state index contributed by atoms with van der Waals surface area (Å²) in [5.74, 6) is 0.0665. The minimum Gasteiger partial charge on any atom is -0.279 e. The zero-order chi connectivity index (χ0) is 22.7. The first-order valence-corrected chi connectivity index (χ1v) is 12.4. The fraction of sp³-hybridized carbons (Fsp3) is 0.391. The van der Waals surface area contributed by atoms with Gasteiger partial charge in [0.25, 0.3) is 0 Å². The quantitative estimate of drug-likeness (QED) is 0.545. The summed E-state index contributed by atoms with van der Waals surface area (Å²) in [6.07, 6.45) is 1.17. The van der Waals surface area contributed by atoms with E-state index in [1.165, 1.54) is 27.2 Å². The van der Waals surface area contributed by atoms with E-state index in [0.717, 1.165) is 11.4 Å². The predicted molar refractivity (Wildman–Crippen MR) is 120 cm³/mol. The number of halogens is 1. The maximum Gasteiger partial charge on any atom is 0.346 e. The van der Waals surface area contributed by atoms with Crippen molar-refractivity contribution >= 4 is 10.0 Å². The second kappa shape index (κ2) is 9.38. The molecule has 1 aromatic heterocycles. The molecule has 0 aliphatic carbocycles. The molecule has 2 heterocycles. The van der Waals surface area contributed by atoms with Gasteiger partial charge in [0.1, 0.15) is 11.6 Å². The summed E-state index contributed by atoms with van der Waals surface area (Å²) in [6, 6.07) is 15.4. The summed E-state index contributed by atoms with van der Waals surface area (Å²) in [4.78, 5) is 12.8. The zero-order valence-electron chi connectivity index (χ0n) is 18.0. The van der Waals surface area contributed by atoms with E-state index in [2.05, 4.69) is 5.10 Å². The largest absolute Gasteiger partial charge is 0.346 e. The van der Waals surface area contributed by atoms with E-state index >= 15 is 0 Å². The fourth-order valence-corrected chi connectivity index (χ4v) is 5.79. The molecule has 2 aromatic carbocycles. The number of hydrogen-bond acceptors (Lipinski definition) is 4. The molecule has 1 fully saturated rings. The Bertz CT molecular complexity index is 1230. The third-order valence-electron chi connectivity index (χ3n) is 5.89. The van der Waals surface area contributed by atoms with Gasteiger partial charge in [-0.2, -0.15) is 5.10 Å². The van der Waals surface area contributed by atoms with Crippen LogP contribution in [0, 0.1) is 5.82 Å². The molecule has 9 heteroatoms. The Balaban J connectivity index is 1.47. The van der Waals surface area contributed by atoms with Gasteiger partial charge in [-0.25, -0.2) is 26.6 Å². The van der Waals surface area contributed by atoms with Crippen molar-refractivity contribution in [3.8, 4) is 0 Å². The molecule has 0 unspecified atom stereocenters. The number of rotatable bonds is 7. The molecule has 1 aliphatic rings. The Morgan fingerprint density at radius 3 is 2.38 bits per heavy atom. The highest BCUT2D eigenvalue weighted by Gasteiger charge is 2.31. The Labute approximate surface area is 187 Å². The number of piperidine rings is 1. The highest BCUT2D eigenvalue weighted by atomic mass is 32.2. The topological polar surface area (TPSA) is 77.2 Å². The highest BCUT2D eigenvalue weighted by Crippen LogP contribution is 2.28. The van der Waals surface area contributed by atoms with E-state index in [1.807, 2.05) is 37.3 Å². The summed E-state index contributed by atoms with van der Waals surface area (Å²) in [7, 11) is -3.55. The maximum absolute atomic E-state index is 13.4. The van der Waals surface area contributed by atoms with Gasteiger partial charge < -0.3 is 0 Å². The zero-order valence-corrected chi connectivity index (χ0v) is 18.8. The number of aromatic nitrogens is 3. The second-order valence-corrected chi connectivity index (χ2v) is 10.1. The van der Waals surface area contributed by atoms with E-state index < -0.39 is 15.8 Å². The SMILES string of the molecule is CCn1c(C2CCN(S(=O)(=O)Cc3cccc(F)c3)CC2)nn(Cc2ccccc2)c1=O. The average Bonchev–Trinajstić information content (AvgIpc) is 3.09. The molecular formula is C23H27FN4O3S. The van der Waals surface area contributed by atoms with Gasteiger partial charge in [0.15, 0.2) is 0 Å². The average molecular weight is 459 g/mol.